The average Bonchev–Trinajstić information content (AvgIpc) is 3.10. The van der Waals surface area contributed by atoms with Gasteiger partial charge in [0.15, 0.2) is 0 Å². The Morgan fingerprint density at radius 1 is 1.24 bits per heavy atom. The van der Waals surface area contributed by atoms with Crippen molar-refractivity contribution in [1.82, 2.24) is 15.5 Å². The summed E-state index contributed by atoms with van der Waals surface area (Å²) < 4.78 is 5.24. The second-order valence-electron chi connectivity index (χ2n) is 6.71. The lowest BCUT2D eigenvalue weighted by atomic mass is 9.84. The van der Waals surface area contributed by atoms with Crippen molar-refractivity contribution < 1.29 is 9.32 Å². The summed E-state index contributed by atoms with van der Waals surface area (Å²) in [6.45, 7) is 2.24. The standard InChI is InChI=1S/C19H24ClN3O2/c1-2-13-3-9-16(10-4-13)21-17(24)11-12-18-22-19(23-25-18)14-5-7-15(20)8-6-14/h5-8,13,16H,2-4,9-12H2,1H3,(H,21,24). The van der Waals surface area contributed by atoms with Crippen LogP contribution in [0.3, 0.4) is 0 Å². The predicted molar refractivity (Wildman–Crippen MR) is 97.2 cm³/mol. The Balaban J connectivity index is 1.46. The quantitative estimate of drug-likeness (QED) is 0.827. The van der Waals surface area contributed by atoms with Gasteiger partial charge in [-0.1, -0.05) is 30.1 Å². The maximum absolute atomic E-state index is 12.1. The minimum Gasteiger partial charge on any atom is -0.353 e. The third kappa shape index (κ3) is 5.05. The zero-order valence-corrected chi connectivity index (χ0v) is 15.3. The maximum atomic E-state index is 12.1. The lowest BCUT2D eigenvalue weighted by Crippen LogP contribution is -2.37. The van der Waals surface area contributed by atoms with E-state index in [0.29, 0.717) is 35.6 Å². The summed E-state index contributed by atoms with van der Waals surface area (Å²) in [5.74, 6) is 1.89. The molecule has 25 heavy (non-hydrogen) atoms. The van der Waals surface area contributed by atoms with E-state index in [4.69, 9.17) is 16.1 Å². The Kier molecular flexibility index (Phi) is 6.08. The van der Waals surface area contributed by atoms with Crippen LogP contribution in [0.15, 0.2) is 28.8 Å². The number of aromatic nitrogens is 2. The number of hydrogen-bond donors (Lipinski definition) is 1. The van der Waals surface area contributed by atoms with Gasteiger partial charge in [-0.3, -0.25) is 4.79 Å². The van der Waals surface area contributed by atoms with Gasteiger partial charge in [-0.25, -0.2) is 0 Å². The molecule has 1 aliphatic carbocycles. The van der Waals surface area contributed by atoms with Crippen LogP contribution >= 0.6 is 11.6 Å². The molecule has 0 spiro atoms. The van der Waals surface area contributed by atoms with Crippen LogP contribution in [0.5, 0.6) is 0 Å². The van der Waals surface area contributed by atoms with Crippen molar-refractivity contribution in [3.8, 4) is 11.4 Å². The number of nitrogens with one attached hydrogen (secondary N) is 1. The molecular weight excluding hydrogens is 338 g/mol. The fourth-order valence-electron chi connectivity index (χ4n) is 3.31. The van der Waals surface area contributed by atoms with Crippen molar-refractivity contribution >= 4 is 17.5 Å². The van der Waals surface area contributed by atoms with Gasteiger partial charge in [-0.05, 0) is 55.9 Å². The van der Waals surface area contributed by atoms with E-state index in [1.807, 2.05) is 12.1 Å². The first-order valence-electron chi connectivity index (χ1n) is 9.02. The number of halogens is 1. The van der Waals surface area contributed by atoms with Crippen molar-refractivity contribution in [1.29, 1.82) is 0 Å². The number of aryl methyl sites for hydroxylation is 1. The fourth-order valence-corrected chi connectivity index (χ4v) is 3.43. The van der Waals surface area contributed by atoms with Crippen LogP contribution in [0.4, 0.5) is 0 Å². The molecule has 1 fully saturated rings. The smallest absolute Gasteiger partial charge is 0.227 e. The van der Waals surface area contributed by atoms with Crippen LogP contribution in [-0.4, -0.2) is 22.1 Å². The van der Waals surface area contributed by atoms with Crippen LogP contribution < -0.4 is 5.32 Å². The number of carbonyl (C=O) groups excluding carboxylic acids is 1. The first-order valence-corrected chi connectivity index (χ1v) is 9.39. The Hall–Kier alpha value is -1.88. The molecule has 0 unspecified atom stereocenters. The summed E-state index contributed by atoms with van der Waals surface area (Å²) in [4.78, 5) is 16.5. The van der Waals surface area contributed by atoms with Gasteiger partial charge in [0, 0.05) is 29.5 Å². The average molecular weight is 362 g/mol. The molecule has 5 nitrogen and oxygen atoms in total. The minimum absolute atomic E-state index is 0.0613. The van der Waals surface area contributed by atoms with Gasteiger partial charge in [0.2, 0.25) is 17.6 Å². The Morgan fingerprint density at radius 3 is 2.64 bits per heavy atom. The molecule has 1 amide bonds. The highest BCUT2D eigenvalue weighted by molar-refractivity contribution is 6.30. The first kappa shape index (κ1) is 17.9. The topological polar surface area (TPSA) is 68.0 Å². The monoisotopic (exact) mass is 361 g/mol. The number of carbonyl (C=O) groups is 1. The fraction of sp³-hybridized carbons (Fsp3) is 0.526. The van der Waals surface area contributed by atoms with Crippen LogP contribution in [0.1, 0.15) is 51.3 Å². The Morgan fingerprint density at radius 2 is 1.96 bits per heavy atom. The van der Waals surface area contributed by atoms with E-state index < -0.39 is 0 Å². The number of amides is 1. The molecule has 1 heterocycles. The van der Waals surface area contributed by atoms with Crippen molar-refractivity contribution in [3.63, 3.8) is 0 Å². The van der Waals surface area contributed by atoms with Gasteiger partial charge < -0.3 is 9.84 Å². The molecule has 1 aromatic heterocycles. The first-order chi connectivity index (χ1) is 12.1. The second kappa shape index (κ2) is 8.48. The van der Waals surface area contributed by atoms with Crippen LogP contribution in [-0.2, 0) is 11.2 Å². The molecule has 0 radical (unpaired) electrons. The third-order valence-corrected chi connectivity index (χ3v) is 5.18. The number of hydrogen-bond acceptors (Lipinski definition) is 4. The third-order valence-electron chi connectivity index (χ3n) is 4.93. The van der Waals surface area contributed by atoms with Gasteiger partial charge in [0.05, 0.1) is 0 Å². The lowest BCUT2D eigenvalue weighted by molar-refractivity contribution is -0.122. The maximum Gasteiger partial charge on any atom is 0.227 e. The normalized spacial score (nSPS) is 20.4. The number of nitrogens with zero attached hydrogens (tertiary/aromatic N) is 2. The molecule has 134 valence electrons. The van der Waals surface area contributed by atoms with Gasteiger partial charge in [-0.15, -0.1) is 0 Å². The van der Waals surface area contributed by atoms with Crippen LogP contribution in [0.2, 0.25) is 5.02 Å². The lowest BCUT2D eigenvalue weighted by Gasteiger charge is -2.28. The Labute approximate surface area is 153 Å². The van der Waals surface area contributed by atoms with Crippen molar-refractivity contribution in [2.75, 3.05) is 0 Å². The molecular formula is C19H24ClN3O2. The van der Waals surface area contributed by atoms with E-state index in [2.05, 4.69) is 22.4 Å². The highest BCUT2D eigenvalue weighted by atomic mass is 35.5. The number of rotatable bonds is 6. The predicted octanol–water partition coefficient (Wildman–Crippen LogP) is 4.41. The second-order valence-corrected chi connectivity index (χ2v) is 7.15. The van der Waals surface area contributed by atoms with E-state index in [1.165, 1.54) is 19.3 Å². The number of benzene rings is 1. The summed E-state index contributed by atoms with van der Waals surface area (Å²) in [5.41, 5.74) is 0.844. The highest BCUT2D eigenvalue weighted by Gasteiger charge is 2.21. The van der Waals surface area contributed by atoms with E-state index in [-0.39, 0.29) is 5.91 Å². The molecule has 0 bridgehead atoms. The van der Waals surface area contributed by atoms with Gasteiger partial charge in [0.1, 0.15) is 0 Å². The highest BCUT2D eigenvalue weighted by Crippen LogP contribution is 2.26. The molecule has 1 aromatic carbocycles. The SMILES string of the molecule is CCC1CCC(NC(=O)CCc2nc(-c3ccc(Cl)cc3)no2)CC1. The van der Waals surface area contributed by atoms with Gasteiger partial charge >= 0.3 is 0 Å². The van der Waals surface area contributed by atoms with Crippen LogP contribution in [0, 0.1) is 5.92 Å². The molecule has 3 rings (SSSR count). The summed E-state index contributed by atoms with van der Waals surface area (Å²) in [7, 11) is 0. The molecule has 6 heteroatoms. The zero-order chi connectivity index (χ0) is 17.6. The van der Waals surface area contributed by atoms with Gasteiger partial charge in [0.25, 0.3) is 0 Å². The molecule has 1 aliphatic rings. The van der Waals surface area contributed by atoms with Crippen molar-refractivity contribution in [2.24, 2.45) is 5.92 Å². The molecule has 1 N–H and O–H groups in total. The summed E-state index contributed by atoms with van der Waals surface area (Å²) in [6.07, 6.45) is 6.68. The summed E-state index contributed by atoms with van der Waals surface area (Å²) in [6, 6.07) is 7.58. The van der Waals surface area contributed by atoms with E-state index in [9.17, 15) is 4.79 Å². The molecule has 0 atom stereocenters. The van der Waals surface area contributed by atoms with Crippen LogP contribution in [0.25, 0.3) is 11.4 Å². The van der Waals surface area contributed by atoms with Crippen molar-refractivity contribution in [3.05, 3.63) is 35.2 Å². The summed E-state index contributed by atoms with van der Waals surface area (Å²) >= 11 is 5.88. The minimum atomic E-state index is 0.0613. The Bertz CT molecular complexity index is 691. The molecule has 0 aliphatic heterocycles. The molecule has 2 aromatic rings. The van der Waals surface area contributed by atoms with E-state index in [0.717, 1.165) is 24.3 Å². The molecule has 0 saturated heterocycles. The van der Waals surface area contributed by atoms with Gasteiger partial charge in [-0.2, -0.15) is 4.98 Å². The van der Waals surface area contributed by atoms with E-state index in [1.54, 1.807) is 12.1 Å². The largest absolute Gasteiger partial charge is 0.353 e. The molecule has 1 saturated carbocycles. The van der Waals surface area contributed by atoms with E-state index >= 15 is 0 Å². The van der Waals surface area contributed by atoms with Crippen molar-refractivity contribution in [2.45, 2.75) is 57.9 Å². The summed E-state index contributed by atoms with van der Waals surface area (Å²) in [5, 5.41) is 7.77. The zero-order valence-electron chi connectivity index (χ0n) is 14.5.